The predicted octanol–water partition coefficient (Wildman–Crippen LogP) is 5.17. The minimum absolute atomic E-state index is 0.0764. The van der Waals surface area contributed by atoms with E-state index in [0.29, 0.717) is 11.1 Å². The lowest BCUT2D eigenvalue weighted by atomic mass is 9.78. The van der Waals surface area contributed by atoms with Gasteiger partial charge in [-0.3, -0.25) is 4.79 Å². The van der Waals surface area contributed by atoms with Crippen LogP contribution in [0.4, 0.5) is 0 Å². The highest BCUT2D eigenvalue weighted by molar-refractivity contribution is 6.30. The van der Waals surface area contributed by atoms with Crippen LogP contribution in [0.25, 0.3) is 6.08 Å². The van der Waals surface area contributed by atoms with Gasteiger partial charge < -0.3 is 9.84 Å². The summed E-state index contributed by atoms with van der Waals surface area (Å²) in [5, 5.41) is 10.9. The maximum absolute atomic E-state index is 12.9. The number of phenolic OH excluding ortho intramolecular Hbond substituents is 1. The van der Waals surface area contributed by atoms with E-state index in [1.165, 1.54) is 6.08 Å². The molecule has 3 rings (SSSR count). The number of carbonyl (C=O) groups excluding carboxylic acids is 2. The summed E-state index contributed by atoms with van der Waals surface area (Å²) in [6.45, 7) is 12.3. The van der Waals surface area contributed by atoms with E-state index in [2.05, 4.69) is 20.8 Å². The van der Waals surface area contributed by atoms with E-state index in [-0.39, 0.29) is 27.9 Å². The third-order valence-electron chi connectivity index (χ3n) is 4.91. The number of esters is 1. The molecule has 0 spiro atoms. The highest BCUT2D eigenvalue weighted by atomic mass is 16.5. The van der Waals surface area contributed by atoms with E-state index < -0.39 is 11.8 Å². The van der Waals surface area contributed by atoms with Crippen LogP contribution in [0.1, 0.15) is 68.6 Å². The number of ketones is 1. The van der Waals surface area contributed by atoms with E-state index in [1.807, 2.05) is 32.9 Å². The summed E-state index contributed by atoms with van der Waals surface area (Å²) in [5.41, 5.74) is 2.02. The van der Waals surface area contributed by atoms with Crippen molar-refractivity contribution >= 4 is 17.8 Å². The SMILES string of the molecule is CC(C)(C)c1cc(/C=C2/C(=O)Oc3ccccc3C2=O)c(O)c(C(C)(C)C)c1. The zero-order valence-electron chi connectivity index (χ0n) is 17.2. The van der Waals surface area contributed by atoms with Gasteiger partial charge in [0.15, 0.2) is 0 Å². The molecule has 0 aliphatic carbocycles. The number of phenols is 1. The van der Waals surface area contributed by atoms with Crippen LogP contribution in [-0.4, -0.2) is 16.9 Å². The second-order valence-electron chi connectivity index (χ2n) is 9.23. The van der Waals surface area contributed by atoms with Crippen LogP contribution < -0.4 is 4.74 Å². The van der Waals surface area contributed by atoms with Gasteiger partial charge in [0, 0.05) is 11.1 Å². The van der Waals surface area contributed by atoms with Gasteiger partial charge in [-0.1, -0.05) is 59.7 Å². The topological polar surface area (TPSA) is 63.6 Å². The van der Waals surface area contributed by atoms with Gasteiger partial charge in [0.05, 0.1) is 5.56 Å². The van der Waals surface area contributed by atoms with Crippen molar-refractivity contribution in [2.45, 2.75) is 52.4 Å². The number of benzene rings is 2. The summed E-state index contributed by atoms with van der Waals surface area (Å²) in [6, 6.07) is 10.5. The van der Waals surface area contributed by atoms with Gasteiger partial charge in [-0.05, 0) is 40.7 Å². The van der Waals surface area contributed by atoms with Crippen LogP contribution in [0.5, 0.6) is 11.5 Å². The van der Waals surface area contributed by atoms with Crippen molar-refractivity contribution in [2.75, 3.05) is 0 Å². The molecule has 4 heteroatoms. The smallest absolute Gasteiger partial charge is 0.347 e. The maximum atomic E-state index is 12.9. The van der Waals surface area contributed by atoms with Gasteiger partial charge in [0.1, 0.15) is 17.1 Å². The monoisotopic (exact) mass is 378 g/mol. The Morgan fingerprint density at radius 2 is 1.57 bits per heavy atom. The normalized spacial score (nSPS) is 16.1. The molecular formula is C24H26O4. The number of rotatable bonds is 1. The van der Waals surface area contributed by atoms with Crippen LogP contribution in [0.2, 0.25) is 0 Å². The molecule has 1 heterocycles. The summed E-state index contributed by atoms with van der Waals surface area (Å²) < 4.78 is 5.31. The Hall–Kier alpha value is -2.88. The van der Waals surface area contributed by atoms with Crippen LogP contribution in [0.15, 0.2) is 42.0 Å². The molecule has 0 radical (unpaired) electrons. The molecule has 0 fully saturated rings. The molecule has 0 unspecified atom stereocenters. The minimum atomic E-state index is -0.707. The lowest BCUT2D eigenvalue weighted by Gasteiger charge is -2.27. The summed E-state index contributed by atoms with van der Waals surface area (Å²) in [7, 11) is 0. The Bertz CT molecular complexity index is 998. The molecule has 28 heavy (non-hydrogen) atoms. The Balaban J connectivity index is 2.21. The molecule has 0 saturated heterocycles. The first-order chi connectivity index (χ1) is 12.9. The lowest BCUT2D eigenvalue weighted by molar-refractivity contribution is -0.130. The third kappa shape index (κ3) is 3.59. The second-order valence-corrected chi connectivity index (χ2v) is 9.23. The van der Waals surface area contributed by atoms with Crippen molar-refractivity contribution in [1.82, 2.24) is 0 Å². The molecular weight excluding hydrogens is 352 g/mol. The van der Waals surface area contributed by atoms with Gasteiger partial charge in [-0.2, -0.15) is 0 Å². The summed E-state index contributed by atoms with van der Waals surface area (Å²) in [4.78, 5) is 25.3. The molecule has 0 saturated carbocycles. The summed E-state index contributed by atoms with van der Waals surface area (Å²) in [5.74, 6) is -0.767. The summed E-state index contributed by atoms with van der Waals surface area (Å²) >= 11 is 0. The Morgan fingerprint density at radius 1 is 0.929 bits per heavy atom. The Morgan fingerprint density at radius 3 is 2.18 bits per heavy atom. The number of Topliss-reactive ketones (excluding diaryl/α,β-unsaturated/α-hetero) is 1. The van der Waals surface area contributed by atoms with Gasteiger partial charge in [-0.15, -0.1) is 0 Å². The van der Waals surface area contributed by atoms with Crippen molar-refractivity contribution in [3.63, 3.8) is 0 Å². The van der Waals surface area contributed by atoms with Crippen molar-refractivity contribution < 1.29 is 19.4 Å². The zero-order chi connectivity index (χ0) is 20.9. The zero-order valence-corrected chi connectivity index (χ0v) is 17.2. The quantitative estimate of drug-likeness (QED) is 0.322. The van der Waals surface area contributed by atoms with E-state index in [9.17, 15) is 14.7 Å². The summed E-state index contributed by atoms with van der Waals surface area (Å²) in [6.07, 6.45) is 1.44. The molecule has 0 atom stereocenters. The van der Waals surface area contributed by atoms with Crippen molar-refractivity contribution in [2.24, 2.45) is 0 Å². The number of para-hydroxylation sites is 1. The largest absolute Gasteiger partial charge is 0.507 e. The van der Waals surface area contributed by atoms with E-state index >= 15 is 0 Å². The molecule has 146 valence electrons. The van der Waals surface area contributed by atoms with Gasteiger partial charge in [-0.25, -0.2) is 4.79 Å². The average Bonchev–Trinajstić information content (AvgIpc) is 2.57. The molecule has 0 aromatic heterocycles. The van der Waals surface area contributed by atoms with Gasteiger partial charge >= 0.3 is 5.97 Å². The van der Waals surface area contributed by atoms with Crippen LogP contribution in [0, 0.1) is 0 Å². The number of ether oxygens (including phenoxy) is 1. The van der Waals surface area contributed by atoms with Crippen LogP contribution in [-0.2, 0) is 15.6 Å². The average molecular weight is 378 g/mol. The molecule has 1 aliphatic heterocycles. The van der Waals surface area contributed by atoms with Crippen molar-refractivity contribution in [3.05, 3.63) is 64.2 Å². The number of hydrogen-bond donors (Lipinski definition) is 1. The second kappa shape index (κ2) is 6.62. The highest BCUT2D eigenvalue weighted by Gasteiger charge is 2.31. The van der Waals surface area contributed by atoms with Crippen molar-refractivity contribution in [1.29, 1.82) is 0 Å². The fraction of sp³-hybridized carbons (Fsp3) is 0.333. The van der Waals surface area contributed by atoms with E-state index in [4.69, 9.17) is 4.74 Å². The molecule has 0 bridgehead atoms. The predicted molar refractivity (Wildman–Crippen MR) is 110 cm³/mol. The fourth-order valence-electron chi connectivity index (χ4n) is 3.19. The molecule has 2 aromatic rings. The number of carbonyl (C=O) groups is 2. The first-order valence-electron chi connectivity index (χ1n) is 9.35. The number of aromatic hydroxyl groups is 1. The van der Waals surface area contributed by atoms with Gasteiger partial charge in [0.2, 0.25) is 5.78 Å². The molecule has 1 N–H and O–H groups in total. The van der Waals surface area contributed by atoms with Gasteiger partial charge in [0.25, 0.3) is 0 Å². The number of hydrogen-bond acceptors (Lipinski definition) is 4. The molecule has 0 amide bonds. The van der Waals surface area contributed by atoms with E-state index in [0.717, 1.165) is 11.1 Å². The Kier molecular flexibility index (Phi) is 4.70. The van der Waals surface area contributed by atoms with E-state index in [1.54, 1.807) is 24.3 Å². The third-order valence-corrected chi connectivity index (χ3v) is 4.91. The minimum Gasteiger partial charge on any atom is -0.507 e. The lowest BCUT2D eigenvalue weighted by Crippen LogP contribution is -2.25. The molecule has 2 aromatic carbocycles. The maximum Gasteiger partial charge on any atom is 0.347 e. The van der Waals surface area contributed by atoms with Crippen LogP contribution >= 0.6 is 0 Å². The van der Waals surface area contributed by atoms with Crippen molar-refractivity contribution in [3.8, 4) is 11.5 Å². The molecule has 4 nitrogen and oxygen atoms in total. The standard InChI is InChI=1S/C24H26O4/c1-23(2,3)15-11-14(20(25)18(13-15)24(4,5)6)12-17-21(26)16-9-7-8-10-19(16)28-22(17)27/h7-13,25H,1-6H3/b17-12+. The number of fused-ring (bicyclic) bond motifs is 1. The fourth-order valence-corrected chi connectivity index (χ4v) is 3.19. The Labute approximate surface area is 165 Å². The first kappa shape index (κ1) is 19.9. The highest BCUT2D eigenvalue weighted by Crippen LogP contribution is 2.39. The first-order valence-corrected chi connectivity index (χ1v) is 9.35. The van der Waals surface area contributed by atoms with Crippen LogP contribution in [0.3, 0.4) is 0 Å². The molecule has 1 aliphatic rings.